The van der Waals surface area contributed by atoms with Crippen molar-refractivity contribution in [1.29, 1.82) is 0 Å². The van der Waals surface area contributed by atoms with E-state index >= 15 is 0 Å². The third kappa shape index (κ3) is 4.42. The number of sulfonamides is 1. The SMILES string of the molecule is COc1cc(NS(=O)(=O)c2ccc(C)cc2)c(OC)cc1NC(C)=O. The van der Waals surface area contributed by atoms with E-state index in [0.29, 0.717) is 11.4 Å². The lowest BCUT2D eigenvalue weighted by atomic mass is 10.2. The highest BCUT2D eigenvalue weighted by Gasteiger charge is 2.19. The van der Waals surface area contributed by atoms with Crippen LogP contribution in [0, 0.1) is 6.92 Å². The first-order chi connectivity index (χ1) is 11.8. The van der Waals surface area contributed by atoms with Gasteiger partial charge < -0.3 is 14.8 Å². The van der Waals surface area contributed by atoms with Crippen LogP contribution in [0.1, 0.15) is 12.5 Å². The monoisotopic (exact) mass is 364 g/mol. The van der Waals surface area contributed by atoms with E-state index in [9.17, 15) is 13.2 Å². The van der Waals surface area contributed by atoms with Crippen molar-refractivity contribution >= 4 is 27.3 Å². The molecule has 2 aromatic carbocycles. The largest absolute Gasteiger partial charge is 0.494 e. The standard InChI is InChI=1S/C17H20N2O5S/c1-11-5-7-13(8-6-11)25(21,22)19-15-10-16(23-3)14(18-12(2)20)9-17(15)24-4/h5-10,19H,1-4H3,(H,18,20). The van der Waals surface area contributed by atoms with Crippen molar-refractivity contribution in [2.75, 3.05) is 24.3 Å². The Morgan fingerprint density at radius 3 is 2.00 bits per heavy atom. The third-order valence-electron chi connectivity index (χ3n) is 3.41. The van der Waals surface area contributed by atoms with E-state index in [1.807, 2.05) is 6.92 Å². The summed E-state index contributed by atoms with van der Waals surface area (Å²) in [4.78, 5) is 11.4. The fourth-order valence-electron chi connectivity index (χ4n) is 2.19. The van der Waals surface area contributed by atoms with Crippen LogP contribution in [0.25, 0.3) is 0 Å². The molecular weight excluding hydrogens is 344 g/mol. The number of aryl methyl sites for hydroxylation is 1. The van der Waals surface area contributed by atoms with Crippen molar-refractivity contribution in [2.45, 2.75) is 18.7 Å². The summed E-state index contributed by atoms with van der Waals surface area (Å²) >= 11 is 0. The summed E-state index contributed by atoms with van der Waals surface area (Å²) in [5, 5.41) is 2.61. The molecule has 0 aromatic heterocycles. The number of hydrogen-bond acceptors (Lipinski definition) is 5. The van der Waals surface area contributed by atoms with Gasteiger partial charge in [-0.15, -0.1) is 0 Å². The maximum atomic E-state index is 12.6. The van der Waals surface area contributed by atoms with Gasteiger partial charge in [-0.1, -0.05) is 17.7 Å². The highest BCUT2D eigenvalue weighted by molar-refractivity contribution is 7.92. The number of carbonyl (C=O) groups excluding carboxylic acids is 1. The van der Waals surface area contributed by atoms with Gasteiger partial charge in [0.2, 0.25) is 5.91 Å². The van der Waals surface area contributed by atoms with Crippen molar-refractivity contribution in [1.82, 2.24) is 0 Å². The Hall–Kier alpha value is -2.74. The zero-order valence-electron chi connectivity index (χ0n) is 14.4. The predicted molar refractivity (Wildman–Crippen MR) is 95.8 cm³/mol. The van der Waals surface area contributed by atoms with Gasteiger partial charge in [-0.25, -0.2) is 8.42 Å². The van der Waals surface area contributed by atoms with Gasteiger partial charge in [0.15, 0.2) is 0 Å². The van der Waals surface area contributed by atoms with Crippen LogP contribution in [0.4, 0.5) is 11.4 Å². The summed E-state index contributed by atoms with van der Waals surface area (Å²) in [6.45, 7) is 3.23. The van der Waals surface area contributed by atoms with E-state index in [1.165, 1.54) is 45.4 Å². The lowest BCUT2D eigenvalue weighted by molar-refractivity contribution is -0.114. The van der Waals surface area contributed by atoms with Crippen LogP contribution < -0.4 is 19.5 Å². The van der Waals surface area contributed by atoms with Crippen LogP contribution in [0.5, 0.6) is 11.5 Å². The summed E-state index contributed by atoms with van der Waals surface area (Å²) in [7, 11) is -0.969. The van der Waals surface area contributed by atoms with Crippen LogP contribution in [-0.2, 0) is 14.8 Å². The number of amides is 1. The fourth-order valence-corrected chi connectivity index (χ4v) is 3.25. The molecule has 0 saturated carbocycles. The van der Waals surface area contributed by atoms with Crippen molar-refractivity contribution in [3.05, 3.63) is 42.0 Å². The number of anilines is 2. The van der Waals surface area contributed by atoms with Crippen molar-refractivity contribution in [3.63, 3.8) is 0 Å². The highest BCUT2D eigenvalue weighted by Crippen LogP contribution is 2.37. The maximum absolute atomic E-state index is 12.6. The predicted octanol–water partition coefficient (Wildman–Crippen LogP) is 2.77. The molecule has 2 aromatic rings. The Bertz CT molecular complexity index is 877. The van der Waals surface area contributed by atoms with Gasteiger partial charge in [0.05, 0.1) is 30.5 Å². The number of carbonyl (C=O) groups is 1. The lowest BCUT2D eigenvalue weighted by Gasteiger charge is -2.16. The van der Waals surface area contributed by atoms with Crippen LogP contribution in [-0.4, -0.2) is 28.5 Å². The maximum Gasteiger partial charge on any atom is 0.262 e. The lowest BCUT2D eigenvalue weighted by Crippen LogP contribution is -2.14. The van der Waals surface area contributed by atoms with Gasteiger partial charge in [-0.3, -0.25) is 9.52 Å². The van der Waals surface area contributed by atoms with Crippen molar-refractivity contribution in [2.24, 2.45) is 0 Å². The molecule has 134 valence electrons. The molecule has 1 amide bonds. The van der Waals surface area contributed by atoms with E-state index in [-0.39, 0.29) is 22.2 Å². The van der Waals surface area contributed by atoms with E-state index < -0.39 is 10.0 Å². The van der Waals surface area contributed by atoms with Gasteiger partial charge in [-0.2, -0.15) is 0 Å². The molecule has 7 nitrogen and oxygen atoms in total. The van der Waals surface area contributed by atoms with Gasteiger partial charge >= 0.3 is 0 Å². The number of hydrogen-bond donors (Lipinski definition) is 2. The molecule has 0 radical (unpaired) electrons. The second-order valence-electron chi connectivity index (χ2n) is 5.35. The Labute approximate surface area is 147 Å². The molecule has 0 aliphatic heterocycles. The number of nitrogens with one attached hydrogen (secondary N) is 2. The average Bonchev–Trinajstić information content (AvgIpc) is 2.55. The van der Waals surface area contributed by atoms with Gasteiger partial charge in [0.25, 0.3) is 10.0 Å². The zero-order valence-corrected chi connectivity index (χ0v) is 15.2. The molecule has 0 aliphatic rings. The average molecular weight is 364 g/mol. The molecule has 0 bridgehead atoms. The Balaban J connectivity index is 2.44. The summed E-state index contributed by atoms with van der Waals surface area (Å²) in [6, 6.07) is 9.42. The smallest absolute Gasteiger partial charge is 0.262 e. The first-order valence-electron chi connectivity index (χ1n) is 7.40. The van der Waals surface area contributed by atoms with Crippen molar-refractivity contribution in [3.8, 4) is 11.5 Å². The quantitative estimate of drug-likeness (QED) is 0.822. The number of rotatable bonds is 6. The minimum atomic E-state index is -3.80. The number of ether oxygens (including phenoxy) is 2. The number of methoxy groups -OCH3 is 2. The molecular formula is C17H20N2O5S. The second-order valence-corrected chi connectivity index (χ2v) is 7.03. The summed E-state index contributed by atoms with van der Waals surface area (Å²) in [6.07, 6.45) is 0. The van der Waals surface area contributed by atoms with E-state index in [4.69, 9.17) is 9.47 Å². The Morgan fingerprint density at radius 1 is 0.960 bits per heavy atom. The first-order valence-corrected chi connectivity index (χ1v) is 8.88. The van der Waals surface area contributed by atoms with E-state index in [2.05, 4.69) is 10.0 Å². The molecule has 0 saturated heterocycles. The molecule has 2 rings (SSSR count). The van der Waals surface area contributed by atoms with E-state index in [0.717, 1.165) is 5.56 Å². The Morgan fingerprint density at radius 2 is 1.48 bits per heavy atom. The molecule has 0 aliphatic carbocycles. The number of benzene rings is 2. The molecule has 0 spiro atoms. The summed E-state index contributed by atoms with van der Waals surface area (Å²) in [5.74, 6) is 0.270. The molecule has 2 N–H and O–H groups in total. The second kappa shape index (κ2) is 7.43. The van der Waals surface area contributed by atoms with E-state index in [1.54, 1.807) is 12.1 Å². The van der Waals surface area contributed by atoms with Crippen LogP contribution in [0.2, 0.25) is 0 Å². The minimum Gasteiger partial charge on any atom is -0.494 e. The third-order valence-corrected chi connectivity index (χ3v) is 4.79. The topological polar surface area (TPSA) is 93.7 Å². The molecule has 8 heteroatoms. The molecule has 0 heterocycles. The molecule has 0 atom stereocenters. The summed E-state index contributed by atoms with van der Waals surface area (Å²) in [5.41, 5.74) is 1.54. The zero-order chi connectivity index (χ0) is 18.6. The van der Waals surface area contributed by atoms with Crippen LogP contribution >= 0.6 is 0 Å². The minimum absolute atomic E-state index is 0.130. The van der Waals surface area contributed by atoms with Gasteiger partial charge in [-0.05, 0) is 19.1 Å². The molecule has 25 heavy (non-hydrogen) atoms. The molecule has 0 fully saturated rings. The van der Waals surface area contributed by atoms with Gasteiger partial charge in [0, 0.05) is 19.1 Å². The summed E-state index contributed by atoms with van der Waals surface area (Å²) < 4.78 is 38.1. The van der Waals surface area contributed by atoms with Crippen LogP contribution in [0.15, 0.2) is 41.3 Å². The first kappa shape index (κ1) is 18.6. The highest BCUT2D eigenvalue weighted by atomic mass is 32.2. The normalized spacial score (nSPS) is 10.9. The van der Waals surface area contributed by atoms with Crippen molar-refractivity contribution < 1.29 is 22.7 Å². The fraction of sp³-hybridized carbons (Fsp3) is 0.235. The molecule has 0 unspecified atom stereocenters. The van der Waals surface area contributed by atoms with Crippen LogP contribution in [0.3, 0.4) is 0 Å². The Kier molecular flexibility index (Phi) is 5.53. The van der Waals surface area contributed by atoms with Gasteiger partial charge in [0.1, 0.15) is 11.5 Å².